The van der Waals surface area contributed by atoms with Crippen LogP contribution >= 0.6 is 11.8 Å². The van der Waals surface area contributed by atoms with Gasteiger partial charge in [0.2, 0.25) is 17.7 Å². The number of allylic oxidation sites excluding steroid dienone is 4. The zero-order chi connectivity index (χ0) is 48.6. The SMILES string of the molecule is CSC(CC(=O)O)C(=O)NCCC(=O)N[C@@H](C)C(=O)N[C@@H](C)C(=O)Cc1cccc(Cc2ccc([C@@H]3O[C@@H]4C[C@H]5[C@@H]6CCC7=CC(=O)C=C[C@]7(C)[C@@]6(F)[C@@H](O)C[C@]5(C)[C@]4(C(=O)CO)O3)cc2)c1. The molecule has 17 heteroatoms. The lowest BCUT2D eigenvalue weighted by atomic mass is 9.44. The van der Waals surface area contributed by atoms with E-state index in [1.807, 2.05) is 55.5 Å². The molecule has 6 N–H and O–H groups in total. The van der Waals surface area contributed by atoms with Crippen LogP contribution in [0, 0.1) is 22.7 Å². The highest BCUT2D eigenvalue weighted by molar-refractivity contribution is 7.99. The first-order valence-electron chi connectivity index (χ1n) is 22.8. The zero-order valence-electron chi connectivity index (χ0n) is 38.3. The van der Waals surface area contributed by atoms with Gasteiger partial charge in [0.25, 0.3) is 0 Å². The van der Waals surface area contributed by atoms with Crippen LogP contribution in [-0.2, 0) is 55.9 Å². The van der Waals surface area contributed by atoms with Crippen molar-refractivity contribution in [1.82, 2.24) is 16.0 Å². The lowest BCUT2D eigenvalue weighted by Gasteiger charge is -2.62. The van der Waals surface area contributed by atoms with Gasteiger partial charge in [-0.3, -0.25) is 33.6 Å². The molecule has 0 spiro atoms. The molecule has 15 nitrogen and oxygen atoms in total. The molecule has 5 aliphatic rings. The van der Waals surface area contributed by atoms with Gasteiger partial charge in [0.1, 0.15) is 12.6 Å². The quantitative estimate of drug-likeness (QED) is 0.125. The predicted molar refractivity (Wildman–Crippen MR) is 244 cm³/mol. The molecule has 0 bridgehead atoms. The summed E-state index contributed by atoms with van der Waals surface area (Å²) in [5, 5.41) is 38.1. The molecule has 0 radical (unpaired) electrons. The predicted octanol–water partition coefficient (Wildman–Crippen LogP) is 3.81. The maximum absolute atomic E-state index is 17.7. The first kappa shape index (κ1) is 49.8. The smallest absolute Gasteiger partial charge is 0.305 e. The van der Waals surface area contributed by atoms with Crippen molar-refractivity contribution in [2.75, 3.05) is 19.4 Å². The van der Waals surface area contributed by atoms with Gasteiger partial charge in [0, 0.05) is 41.7 Å². The van der Waals surface area contributed by atoms with E-state index in [0.29, 0.717) is 36.8 Å². The molecule has 4 fully saturated rings. The Morgan fingerprint density at radius 3 is 2.36 bits per heavy atom. The number of Topliss-reactive ketones (excluding diaryl/α,β-unsaturated/α-hetero) is 2. The second-order valence-electron chi connectivity index (χ2n) is 19.2. The van der Waals surface area contributed by atoms with Gasteiger partial charge in [0.05, 0.1) is 29.9 Å². The second kappa shape index (κ2) is 19.5. The summed E-state index contributed by atoms with van der Waals surface area (Å²) in [6.45, 7) is 5.77. The van der Waals surface area contributed by atoms with Crippen molar-refractivity contribution < 1.29 is 62.7 Å². The van der Waals surface area contributed by atoms with Crippen LogP contribution in [0.3, 0.4) is 0 Å². The van der Waals surface area contributed by atoms with Crippen LogP contribution in [0.5, 0.6) is 0 Å². The summed E-state index contributed by atoms with van der Waals surface area (Å²) in [6.07, 6.45) is 3.92. The molecule has 67 heavy (non-hydrogen) atoms. The van der Waals surface area contributed by atoms with Gasteiger partial charge in [-0.25, -0.2) is 4.39 Å². The van der Waals surface area contributed by atoms with Crippen molar-refractivity contribution in [1.29, 1.82) is 0 Å². The van der Waals surface area contributed by atoms with Gasteiger partial charge < -0.3 is 40.7 Å². The number of thioether (sulfide) groups is 1. The Morgan fingerprint density at radius 1 is 0.955 bits per heavy atom. The van der Waals surface area contributed by atoms with Gasteiger partial charge in [-0.15, -0.1) is 0 Å². The van der Waals surface area contributed by atoms with E-state index in [1.165, 1.54) is 19.1 Å². The average molecular weight is 946 g/mol. The lowest BCUT2D eigenvalue weighted by Crippen LogP contribution is -2.69. The fraction of sp³-hybridized carbons (Fsp3) is 0.540. The number of carbonyl (C=O) groups excluding carboxylic acids is 6. The Bertz CT molecular complexity index is 2380. The van der Waals surface area contributed by atoms with E-state index >= 15 is 4.39 Å². The minimum absolute atomic E-state index is 0.0404. The molecule has 360 valence electrons. The fourth-order valence-corrected chi connectivity index (χ4v) is 12.2. The number of rotatable bonds is 18. The number of aliphatic hydroxyl groups excluding tert-OH is 2. The maximum Gasteiger partial charge on any atom is 0.305 e. The van der Waals surface area contributed by atoms with Crippen molar-refractivity contribution in [3.05, 3.63) is 94.6 Å². The van der Waals surface area contributed by atoms with E-state index in [9.17, 15) is 43.8 Å². The topological polar surface area (TPSA) is 235 Å². The van der Waals surface area contributed by atoms with Gasteiger partial charge in [0.15, 0.2) is 34.9 Å². The molecule has 7 rings (SSSR count). The van der Waals surface area contributed by atoms with Crippen LogP contribution in [0.15, 0.2) is 72.3 Å². The standard InChI is InChI=1S/C50H60FN3O12S/c1-27(54-44(63)28(2)53-42(60)16-18-52-45(64)38(67-5)24-43(61)62)37(57)21-31-8-6-7-30(20-31)19-29-9-11-32(12-10-29)46-65-41-23-36-35-14-13-33-22-34(56)15-17-47(33,3)49(35,51)39(58)25-48(36,4)50(41,66-46)40(59)26-55/h6-12,15,17,20,22,27-28,35-36,38-39,41,46,55,58H,13-14,16,18-19,21,23-26H2,1-5H3,(H,52,64)(H,53,60)(H,54,63)(H,61,62)/t27-,28-,35-,36-,38?,39-,41+,46+,47-,48-,49-,50+/m0/s1. The molecule has 3 saturated carbocycles. The summed E-state index contributed by atoms with van der Waals surface area (Å²) < 4.78 is 31.0. The van der Waals surface area contributed by atoms with E-state index in [2.05, 4.69) is 16.0 Å². The van der Waals surface area contributed by atoms with E-state index in [4.69, 9.17) is 14.6 Å². The molecular weight excluding hydrogens is 886 g/mol. The highest BCUT2D eigenvalue weighted by atomic mass is 32.2. The van der Waals surface area contributed by atoms with Crippen LogP contribution in [0.1, 0.15) is 94.8 Å². The molecule has 2 aromatic carbocycles. The lowest BCUT2D eigenvalue weighted by molar-refractivity contribution is -0.231. The van der Waals surface area contributed by atoms with E-state index in [-0.39, 0.29) is 43.8 Å². The normalized spacial score (nSPS) is 31.7. The number of fused-ring (bicyclic) bond motifs is 7. The summed E-state index contributed by atoms with van der Waals surface area (Å²) in [4.78, 5) is 87.9. The number of amides is 3. The Kier molecular flexibility index (Phi) is 14.5. The largest absolute Gasteiger partial charge is 0.481 e. The van der Waals surface area contributed by atoms with Crippen molar-refractivity contribution in [2.45, 2.75) is 126 Å². The zero-order valence-corrected chi connectivity index (χ0v) is 39.2. The second-order valence-corrected chi connectivity index (χ2v) is 20.2. The van der Waals surface area contributed by atoms with E-state index in [0.717, 1.165) is 28.5 Å². The number of carbonyl (C=O) groups is 7. The number of nitrogens with one attached hydrogen (secondary N) is 3. The first-order chi connectivity index (χ1) is 31.7. The number of halogens is 1. The number of alkyl halides is 1. The minimum atomic E-state index is -2.10. The number of aliphatic carboxylic acids is 1. The summed E-state index contributed by atoms with van der Waals surface area (Å²) in [5.74, 6) is -4.78. The van der Waals surface area contributed by atoms with Crippen molar-refractivity contribution >= 4 is 52.8 Å². The molecule has 1 saturated heterocycles. The Morgan fingerprint density at radius 2 is 1.67 bits per heavy atom. The number of carboxylic acid groups (broad SMARTS) is 1. The maximum atomic E-state index is 17.7. The van der Waals surface area contributed by atoms with E-state index < -0.39 is 106 Å². The molecule has 4 aliphatic carbocycles. The molecule has 1 heterocycles. The molecule has 0 aromatic heterocycles. The highest BCUT2D eigenvalue weighted by Crippen LogP contribution is 2.72. The fourth-order valence-electron chi connectivity index (χ4n) is 11.6. The van der Waals surface area contributed by atoms with Gasteiger partial charge >= 0.3 is 5.97 Å². The molecule has 1 unspecified atom stereocenters. The minimum Gasteiger partial charge on any atom is -0.481 e. The Hall–Kier alpha value is -5.07. The third-order valence-corrected chi connectivity index (χ3v) is 16.1. The highest BCUT2D eigenvalue weighted by Gasteiger charge is 2.79. The average Bonchev–Trinajstić information content (AvgIpc) is 3.79. The van der Waals surface area contributed by atoms with Crippen molar-refractivity contribution in [3.63, 3.8) is 0 Å². The third-order valence-electron chi connectivity index (χ3n) is 15.2. The van der Waals surface area contributed by atoms with Crippen LogP contribution in [-0.4, -0.2) is 117 Å². The number of ketones is 3. The van der Waals surface area contributed by atoms with Crippen LogP contribution in [0.4, 0.5) is 4.39 Å². The first-order valence-corrected chi connectivity index (χ1v) is 24.1. The molecule has 1 aliphatic heterocycles. The summed E-state index contributed by atoms with van der Waals surface area (Å²) in [7, 11) is 0. The van der Waals surface area contributed by atoms with Gasteiger partial charge in [-0.1, -0.05) is 67.1 Å². The Balaban J connectivity index is 0.932. The number of benzene rings is 2. The number of hydrogen-bond donors (Lipinski definition) is 6. The summed E-state index contributed by atoms with van der Waals surface area (Å²) in [6, 6.07) is 13.2. The Labute approximate surface area is 393 Å². The molecule has 12 atom stereocenters. The summed E-state index contributed by atoms with van der Waals surface area (Å²) in [5.41, 5.74) is -2.09. The molecular formula is C50H60FN3O12S. The third kappa shape index (κ3) is 9.17. The summed E-state index contributed by atoms with van der Waals surface area (Å²) >= 11 is 1.09. The van der Waals surface area contributed by atoms with Gasteiger partial charge in [-0.05, 0) is 93.9 Å². The van der Waals surface area contributed by atoms with Crippen LogP contribution in [0.25, 0.3) is 0 Å². The van der Waals surface area contributed by atoms with Crippen LogP contribution < -0.4 is 16.0 Å². The number of hydrogen-bond acceptors (Lipinski definition) is 12. The van der Waals surface area contributed by atoms with Crippen molar-refractivity contribution in [3.8, 4) is 0 Å². The number of carboxylic acids is 1. The molecule has 2 aromatic rings. The van der Waals surface area contributed by atoms with Gasteiger partial charge in [-0.2, -0.15) is 11.8 Å². The van der Waals surface area contributed by atoms with Crippen LogP contribution in [0.2, 0.25) is 0 Å². The van der Waals surface area contributed by atoms with E-state index in [1.54, 1.807) is 26.2 Å². The number of ether oxygens (including phenoxy) is 2. The number of aliphatic hydroxyl groups is 2. The monoisotopic (exact) mass is 945 g/mol. The van der Waals surface area contributed by atoms with Crippen molar-refractivity contribution in [2.24, 2.45) is 22.7 Å². The molecule has 3 amide bonds.